The lowest BCUT2D eigenvalue weighted by Crippen LogP contribution is -2.24. The van der Waals surface area contributed by atoms with Gasteiger partial charge in [-0.1, -0.05) is 38.3 Å². The first kappa shape index (κ1) is 27.3. The van der Waals surface area contributed by atoms with Crippen molar-refractivity contribution in [1.29, 1.82) is 0 Å². The molecule has 2 aromatic rings. The maximum atomic E-state index is 12.0. The first-order valence-corrected chi connectivity index (χ1v) is 12.7. The topological polar surface area (TPSA) is 71.1 Å². The highest BCUT2D eigenvalue weighted by Gasteiger charge is 2.26. The molecule has 0 saturated heterocycles. The van der Waals surface area contributed by atoms with Crippen LogP contribution in [-0.2, 0) is 38.3 Å². The maximum Gasteiger partial charge on any atom is 0.333 e. The highest BCUT2D eigenvalue weighted by molar-refractivity contribution is 5.98. The summed E-state index contributed by atoms with van der Waals surface area (Å²) in [5.41, 5.74) is 4.18. The van der Waals surface area contributed by atoms with Crippen molar-refractivity contribution in [1.82, 2.24) is 0 Å². The van der Waals surface area contributed by atoms with Crippen LogP contribution in [-0.4, -0.2) is 37.4 Å². The highest BCUT2D eigenvalue weighted by atomic mass is 16.6. The first-order valence-electron chi connectivity index (χ1n) is 12.7. The quantitative estimate of drug-likeness (QED) is 0.280. The summed E-state index contributed by atoms with van der Waals surface area (Å²) in [7, 11) is 0. The normalized spacial score (nSPS) is 14.4. The Kier molecular flexibility index (Phi) is 9.19. The van der Waals surface area contributed by atoms with Gasteiger partial charge in [0.1, 0.15) is 36.9 Å². The van der Waals surface area contributed by atoms with E-state index in [2.05, 4.69) is 32.2 Å². The Morgan fingerprint density at radius 1 is 0.861 bits per heavy atom. The van der Waals surface area contributed by atoms with Gasteiger partial charge in [0.05, 0.1) is 0 Å². The molecule has 2 unspecified atom stereocenters. The number of rotatable bonds is 11. The molecule has 0 fully saturated rings. The number of hydrogen-bond acceptors (Lipinski definition) is 6. The molecule has 0 radical (unpaired) electrons. The van der Waals surface area contributed by atoms with E-state index >= 15 is 0 Å². The molecule has 3 rings (SSSR count). The summed E-state index contributed by atoms with van der Waals surface area (Å²) in [5, 5.41) is 2.01. The van der Waals surface area contributed by atoms with Gasteiger partial charge in [0.2, 0.25) is 0 Å². The summed E-state index contributed by atoms with van der Waals surface area (Å²) >= 11 is 0. The lowest BCUT2D eigenvalue weighted by molar-refractivity contribution is -0.145. The molecular weight excluding hydrogens is 456 g/mol. The lowest BCUT2D eigenvalue weighted by Gasteiger charge is -2.27. The van der Waals surface area contributed by atoms with Gasteiger partial charge in [-0.3, -0.25) is 0 Å². The smallest absolute Gasteiger partial charge is 0.333 e. The van der Waals surface area contributed by atoms with Crippen molar-refractivity contribution in [3.05, 3.63) is 59.2 Å². The fourth-order valence-corrected chi connectivity index (χ4v) is 4.43. The van der Waals surface area contributed by atoms with Gasteiger partial charge in [-0.15, -0.1) is 0 Å². The second-order valence-electron chi connectivity index (χ2n) is 9.63. The molecule has 0 saturated carbocycles. The van der Waals surface area contributed by atoms with E-state index < -0.39 is 24.1 Å². The van der Waals surface area contributed by atoms with E-state index in [0.717, 1.165) is 71.1 Å². The van der Waals surface area contributed by atoms with Crippen LogP contribution in [0.1, 0.15) is 64.2 Å². The van der Waals surface area contributed by atoms with Crippen molar-refractivity contribution in [2.75, 3.05) is 13.2 Å². The van der Waals surface area contributed by atoms with E-state index in [1.807, 2.05) is 19.9 Å². The predicted molar refractivity (Wildman–Crippen MR) is 142 cm³/mol. The molecule has 0 N–H and O–H groups in total. The lowest BCUT2D eigenvalue weighted by atomic mass is 9.85. The number of fused-ring (bicyclic) bond motifs is 2. The third-order valence-electron chi connectivity index (χ3n) is 6.26. The minimum absolute atomic E-state index is 0.241. The number of carbonyl (C=O) groups excluding carboxylic acids is 2. The number of carbonyl (C=O) groups is 2. The van der Waals surface area contributed by atoms with Gasteiger partial charge >= 0.3 is 11.9 Å². The largest absolute Gasteiger partial charge is 0.489 e. The molecule has 194 valence electrons. The van der Waals surface area contributed by atoms with Crippen LogP contribution >= 0.6 is 0 Å². The van der Waals surface area contributed by atoms with Gasteiger partial charge in [0, 0.05) is 33.0 Å². The zero-order valence-electron chi connectivity index (χ0n) is 22.2. The molecule has 2 aromatic carbocycles. The van der Waals surface area contributed by atoms with Crippen molar-refractivity contribution < 1.29 is 28.5 Å². The van der Waals surface area contributed by atoms with Crippen molar-refractivity contribution in [2.45, 2.75) is 78.9 Å². The standard InChI is InChI=1S/C30H38O6/c1-8-22-12-11-15-25-26(22)28(34-17-21(7)36-30(32)19(4)5)24-14-10-9-13-23(24)27(25)33-16-20(6)35-29(31)18(2)3/h11-12,15,20-21H,2,4,8-10,13-14,16-17H2,1,3,5-7H3. The van der Waals surface area contributed by atoms with Crippen LogP contribution in [0.15, 0.2) is 42.5 Å². The molecule has 0 heterocycles. The number of benzene rings is 2. The van der Waals surface area contributed by atoms with E-state index in [0.29, 0.717) is 11.1 Å². The second kappa shape index (κ2) is 12.1. The van der Waals surface area contributed by atoms with E-state index in [9.17, 15) is 9.59 Å². The van der Waals surface area contributed by atoms with Crippen LogP contribution < -0.4 is 9.47 Å². The van der Waals surface area contributed by atoms with Crippen LogP contribution in [0.3, 0.4) is 0 Å². The van der Waals surface area contributed by atoms with E-state index in [1.165, 1.54) is 0 Å². The molecule has 0 aliphatic heterocycles. The van der Waals surface area contributed by atoms with Crippen molar-refractivity contribution in [3.63, 3.8) is 0 Å². The van der Waals surface area contributed by atoms with Crippen molar-refractivity contribution in [2.24, 2.45) is 0 Å². The zero-order chi connectivity index (χ0) is 26.4. The number of hydrogen-bond donors (Lipinski definition) is 0. The number of esters is 2. The van der Waals surface area contributed by atoms with Crippen molar-refractivity contribution in [3.8, 4) is 11.5 Å². The highest BCUT2D eigenvalue weighted by Crippen LogP contribution is 2.45. The molecule has 1 aliphatic carbocycles. The van der Waals surface area contributed by atoms with Gasteiger partial charge in [0.25, 0.3) is 0 Å². The molecule has 0 spiro atoms. The Morgan fingerprint density at radius 2 is 1.36 bits per heavy atom. The van der Waals surface area contributed by atoms with Gasteiger partial charge < -0.3 is 18.9 Å². The van der Waals surface area contributed by atoms with Gasteiger partial charge in [-0.25, -0.2) is 9.59 Å². The number of ether oxygens (including phenoxy) is 4. The van der Waals surface area contributed by atoms with Crippen molar-refractivity contribution >= 4 is 22.7 Å². The Labute approximate surface area is 214 Å². The van der Waals surface area contributed by atoms with E-state index in [-0.39, 0.29) is 13.2 Å². The van der Waals surface area contributed by atoms with Crippen LogP contribution in [0.2, 0.25) is 0 Å². The molecule has 6 heteroatoms. The van der Waals surface area contributed by atoms with Gasteiger partial charge in [-0.05, 0) is 65.4 Å². The minimum atomic E-state index is -0.420. The van der Waals surface area contributed by atoms with Gasteiger partial charge in [-0.2, -0.15) is 0 Å². The zero-order valence-corrected chi connectivity index (χ0v) is 22.2. The molecule has 1 aliphatic rings. The first-order chi connectivity index (χ1) is 17.1. The monoisotopic (exact) mass is 494 g/mol. The predicted octanol–water partition coefficient (Wildman–Crippen LogP) is 6.05. The fraction of sp³-hybridized carbons (Fsp3) is 0.467. The summed E-state index contributed by atoms with van der Waals surface area (Å²) in [5.74, 6) is 0.848. The molecule has 0 aromatic heterocycles. The molecule has 0 bridgehead atoms. The third kappa shape index (κ3) is 6.28. The summed E-state index contributed by atoms with van der Waals surface area (Å²) in [6.45, 7) is 16.8. The molecule has 2 atom stereocenters. The van der Waals surface area contributed by atoms with Crippen LogP contribution in [0.25, 0.3) is 10.8 Å². The fourth-order valence-electron chi connectivity index (χ4n) is 4.43. The van der Waals surface area contributed by atoms with Crippen LogP contribution in [0, 0.1) is 0 Å². The number of aryl methyl sites for hydroxylation is 1. The summed E-state index contributed by atoms with van der Waals surface area (Å²) in [6, 6.07) is 6.20. The van der Waals surface area contributed by atoms with E-state index in [4.69, 9.17) is 18.9 Å². The summed E-state index contributed by atoms with van der Waals surface area (Å²) < 4.78 is 23.7. The summed E-state index contributed by atoms with van der Waals surface area (Å²) in [6.07, 6.45) is 3.89. The average molecular weight is 495 g/mol. The third-order valence-corrected chi connectivity index (χ3v) is 6.26. The Bertz CT molecular complexity index is 1160. The molecule has 36 heavy (non-hydrogen) atoms. The Morgan fingerprint density at radius 3 is 1.86 bits per heavy atom. The second-order valence-corrected chi connectivity index (χ2v) is 9.63. The molecular formula is C30H38O6. The minimum Gasteiger partial charge on any atom is -0.489 e. The average Bonchev–Trinajstić information content (AvgIpc) is 2.85. The maximum absolute atomic E-state index is 12.0. The summed E-state index contributed by atoms with van der Waals surface area (Å²) in [4.78, 5) is 23.9. The Balaban J connectivity index is 1.99. The molecule has 6 nitrogen and oxygen atoms in total. The Hall–Kier alpha value is -3.28. The van der Waals surface area contributed by atoms with Crippen LogP contribution in [0.4, 0.5) is 0 Å². The van der Waals surface area contributed by atoms with Gasteiger partial charge in [0.15, 0.2) is 0 Å². The van der Waals surface area contributed by atoms with E-state index in [1.54, 1.807) is 13.8 Å². The SMILES string of the molecule is C=C(C)C(=O)OC(C)COc1c2c(c(OCC(C)OC(=O)C(=C)C)c3c(CC)cccc13)CCCC2. The molecule has 0 amide bonds. The van der Waals surface area contributed by atoms with Crippen LogP contribution in [0.5, 0.6) is 11.5 Å².